The first kappa shape index (κ1) is 13.7. The Labute approximate surface area is 124 Å². The zero-order chi connectivity index (χ0) is 15.1. The minimum absolute atomic E-state index is 0.165. The summed E-state index contributed by atoms with van der Waals surface area (Å²) in [5.74, 6) is -2.98. The second-order valence-electron chi connectivity index (χ2n) is 4.28. The highest BCUT2D eigenvalue weighted by molar-refractivity contribution is 9.10. The van der Waals surface area contributed by atoms with Crippen LogP contribution in [0.15, 0.2) is 33.5 Å². The summed E-state index contributed by atoms with van der Waals surface area (Å²) in [7, 11) is 0. The minimum atomic E-state index is -1.13. The number of aromatic nitrogens is 2. The highest BCUT2D eigenvalue weighted by Crippen LogP contribution is 2.32. The van der Waals surface area contributed by atoms with Gasteiger partial charge in [0.1, 0.15) is 12.4 Å². The lowest BCUT2D eigenvalue weighted by atomic mass is 10.3. The maximum absolute atomic E-state index is 13.4. The molecule has 0 spiro atoms. The third-order valence-corrected chi connectivity index (χ3v) is 3.56. The van der Waals surface area contributed by atoms with Crippen molar-refractivity contribution in [2.24, 2.45) is 0 Å². The molecule has 2 aromatic heterocycles. The van der Waals surface area contributed by atoms with Crippen LogP contribution in [0.5, 0.6) is 0 Å². The Morgan fingerprint density at radius 1 is 1.38 bits per heavy atom. The van der Waals surface area contributed by atoms with Crippen molar-refractivity contribution in [1.29, 1.82) is 0 Å². The summed E-state index contributed by atoms with van der Waals surface area (Å²) < 4.78 is 33.4. The summed E-state index contributed by atoms with van der Waals surface area (Å²) in [5, 5.41) is 9.01. The predicted octanol–water partition coefficient (Wildman–Crippen LogP) is 3.42. The maximum Gasteiger partial charge on any atom is 0.323 e. The molecule has 108 valence electrons. The molecule has 0 fully saturated rings. The van der Waals surface area contributed by atoms with E-state index in [0.717, 1.165) is 12.1 Å². The fraction of sp³-hybridized carbons (Fsp3) is 0.0769. The van der Waals surface area contributed by atoms with Crippen molar-refractivity contribution in [1.82, 2.24) is 9.55 Å². The number of halogens is 3. The molecule has 0 atom stereocenters. The lowest BCUT2D eigenvalue weighted by Gasteiger charge is -2.05. The first-order valence-corrected chi connectivity index (χ1v) is 6.57. The van der Waals surface area contributed by atoms with Crippen LogP contribution in [-0.2, 0) is 11.3 Å². The summed E-state index contributed by atoms with van der Waals surface area (Å²) in [6.45, 7) is -0.436. The molecule has 5 nitrogen and oxygen atoms in total. The number of hydrogen-bond donors (Lipinski definition) is 1. The molecule has 1 N–H and O–H groups in total. The van der Waals surface area contributed by atoms with Gasteiger partial charge in [-0.1, -0.05) is 0 Å². The third-order valence-electron chi connectivity index (χ3n) is 2.94. The number of carbonyl (C=O) groups is 1. The van der Waals surface area contributed by atoms with Crippen LogP contribution >= 0.6 is 15.9 Å². The van der Waals surface area contributed by atoms with Crippen LogP contribution in [-0.4, -0.2) is 20.6 Å². The number of imidazole rings is 1. The molecule has 2 heterocycles. The van der Waals surface area contributed by atoms with Gasteiger partial charge in [-0.25, -0.2) is 13.8 Å². The van der Waals surface area contributed by atoms with Gasteiger partial charge in [0.25, 0.3) is 0 Å². The number of benzene rings is 1. The van der Waals surface area contributed by atoms with E-state index in [9.17, 15) is 13.6 Å². The van der Waals surface area contributed by atoms with Crippen LogP contribution in [0.25, 0.3) is 22.4 Å². The summed E-state index contributed by atoms with van der Waals surface area (Å²) in [4.78, 5) is 15.2. The fourth-order valence-electron chi connectivity index (χ4n) is 2.07. The van der Waals surface area contributed by atoms with E-state index in [1.165, 1.54) is 10.8 Å². The number of furan rings is 1. The molecular weight excluding hydrogens is 350 g/mol. The molecule has 0 saturated heterocycles. The monoisotopic (exact) mass is 356 g/mol. The number of carboxylic acid groups (broad SMARTS) is 1. The van der Waals surface area contributed by atoms with Gasteiger partial charge in [-0.05, 0) is 22.0 Å². The zero-order valence-electron chi connectivity index (χ0n) is 10.3. The van der Waals surface area contributed by atoms with Crippen LogP contribution in [0.4, 0.5) is 8.78 Å². The third kappa shape index (κ3) is 2.31. The van der Waals surface area contributed by atoms with Crippen molar-refractivity contribution in [2.75, 3.05) is 0 Å². The van der Waals surface area contributed by atoms with Gasteiger partial charge in [-0.15, -0.1) is 0 Å². The lowest BCUT2D eigenvalue weighted by Crippen LogP contribution is -2.10. The van der Waals surface area contributed by atoms with E-state index in [1.807, 2.05) is 0 Å². The summed E-state index contributed by atoms with van der Waals surface area (Å²) in [5.41, 5.74) is 0.853. The molecule has 0 saturated carbocycles. The number of rotatable bonds is 3. The SMILES string of the molecule is O=C(O)Cn1c(-c2ccoc2Br)nc2cc(F)c(F)cc21. The van der Waals surface area contributed by atoms with Gasteiger partial charge < -0.3 is 14.1 Å². The molecule has 8 heteroatoms. The number of hydrogen-bond acceptors (Lipinski definition) is 3. The average molecular weight is 357 g/mol. The Morgan fingerprint density at radius 2 is 2.10 bits per heavy atom. The highest BCUT2D eigenvalue weighted by atomic mass is 79.9. The van der Waals surface area contributed by atoms with Crippen molar-refractivity contribution in [3.05, 3.63) is 40.8 Å². The van der Waals surface area contributed by atoms with Gasteiger partial charge in [0, 0.05) is 12.1 Å². The average Bonchev–Trinajstić information content (AvgIpc) is 2.95. The van der Waals surface area contributed by atoms with Crippen LogP contribution in [0.3, 0.4) is 0 Å². The van der Waals surface area contributed by atoms with E-state index in [1.54, 1.807) is 6.07 Å². The van der Waals surface area contributed by atoms with Crippen molar-refractivity contribution in [3.63, 3.8) is 0 Å². The number of nitrogens with zero attached hydrogens (tertiary/aromatic N) is 2. The van der Waals surface area contributed by atoms with E-state index >= 15 is 0 Å². The molecule has 0 aliphatic carbocycles. The van der Waals surface area contributed by atoms with Gasteiger partial charge in [0.15, 0.2) is 16.3 Å². The van der Waals surface area contributed by atoms with E-state index in [2.05, 4.69) is 20.9 Å². The van der Waals surface area contributed by atoms with Crippen molar-refractivity contribution in [3.8, 4) is 11.4 Å². The van der Waals surface area contributed by atoms with Crippen molar-refractivity contribution >= 4 is 32.9 Å². The number of aliphatic carboxylic acids is 1. The number of fused-ring (bicyclic) bond motifs is 1. The quantitative estimate of drug-likeness (QED) is 0.780. The molecule has 3 aromatic rings. The smallest absolute Gasteiger partial charge is 0.323 e. The summed E-state index contributed by atoms with van der Waals surface area (Å²) >= 11 is 3.17. The standard InChI is InChI=1S/C13H7BrF2N2O3/c14-12-6(1-2-21-12)13-17-9-3-7(15)8(16)4-10(9)18(13)5-11(19)20/h1-4H,5H2,(H,19,20). The molecule has 0 aliphatic rings. The first-order valence-electron chi connectivity index (χ1n) is 5.78. The Hall–Kier alpha value is -2.22. The predicted molar refractivity (Wildman–Crippen MR) is 72.7 cm³/mol. The normalized spacial score (nSPS) is 11.2. The second-order valence-corrected chi connectivity index (χ2v) is 5.00. The Balaban J connectivity index is 2.33. The molecule has 0 unspecified atom stereocenters. The zero-order valence-corrected chi connectivity index (χ0v) is 11.9. The Morgan fingerprint density at radius 3 is 2.71 bits per heavy atom. The van der Waals surface area contributed by atoms with E-state index < -0.39 is 24.1 Å². The molecule has 0 radical (unpaired) electrons. The topological polar surface area (TPSA) is 68.3 Å². The minimum Gasteiger partial charge on any atom is -0.480 e. The molecule has 3 rings (SSSR count). The van der Waals surface area contributed by atoms with Gasteiger partial charge in [-0.2, -0.15) is 0 Å². The molecule has 0 aliphatic heterocycles. The highest BCUT2D eigenvalue weighted by Gasteiger charge is 2.20. The number of carboxylic acids is 1. The Kier molecular flexibility index (Phi) is 3.25. The maximum atomic E-state index is 13.4. The summed E-state index contributed by atoms with van der Waals surface area (Å²) in [6.07, 6.45) is 1.39. The molecular formula is C13H7BrF2N2O3. The largest absolute Gasteiger partial charge is 0.480 e. The second kappa shape index (κ2) is 4.96. The van der Waals surface area contributed by atoms with E-state index in [4.69, 9.17) is 9.52 Å². The lowest BCUT2D eigenvalue weighted by molar-refractivity contribution is -0.137. The van der Waals surface area contributed by atoms with E-state index in [-0.39, 0.29) is 16.9 Å². The van der Waals surface area contributed by atoms with Gasteiger partial charge >= 0.3 is 5.97 Å². The molecule has 0 bridgehead atoms. The molecule has 21 heavy (non-hydrogen) atoms. The van der Waals surface area contributed by atoms with Crippen LogP contribution in [0, 0.1) is 11.6 Å². The van der Waals surface area contributed by atoms with Crippen LogP contribution < -0.4 is 0 Å². The summed E-state index contributed by atoms with van der Waals surface area (Å²) in [6, 6.07) is 3.44. The first-order chi connectivity index (χ1) is 9.97. The Bertz CT molecular complexity index is 857. The van der Waals surface area contributed by atoms with Crippen molar-refractivity contribution in [2.45, 2.75) is 6.54 Å². The van der Waals surface area contributed by atoms with Crippen LogP contribution in [0.1, 0.15) is 0 Å². The van der Waals surface area contributed by atoms with Gasteiger partial charge in [0.05, 0.1) is 22.9 Å². The van der Waals surface area contributed by atoms with Crippen LogP contribution in [0.2, 0.25) is 0 Å². The molecule has 0 amide bonds. The molecule has 1 aromatic carbocycles. The van der Waals surface area contributed by atoms with E-state index in [0.29, 0.717) is 10.2 Å². The van der Waals surface area contributed by atoms with Gasteiger partial charge in [0.2, 0.25) is 0 Å². The van der Waals surface area contributed by atoms with Crippen molar-refractivity contribution < 1.29 is 23.1 Å². The van der Waals surface area contributed by atoms with Gasteiger partial charge in [-0.3, -0.25) is 4.79 Å². The fourth-order valence-corrected chi connectivity index (χ4v) is 2.49.